The Bertz CT molecular complexity index is 1430. The molecule has 0 N–H and O–H groups in total. The Hall–Kier alpha value is -3.99. The lowest BCUT2D eigenvalue weighted by Gasteiger charge is -2.32. The third-order valence-electron chi connectivity index (χ3n) is 6.56. The van der Waals surface area contributed by atoms with Crippen molar-refractivity contribution < 1.29 is 14.4 Å². The fraction of sp³-hybridized carbons (Fsp3) is 0.233. The molecule has 0 unspecified atom stereocenters. The van der Waals surface area contributed by atoms with Gasteiger partial charge in [0.25, 0.3) is 11.8 Å². The van der Waals surface area contributed by atoms with E-state index in [1.54, 1.807) is 17.0 Å². The van der Waals surface area contributed by atoms with Crippen molar-refractivity contribution in [2.75, 3.05) is 18.0 Å². The minimum atomic E-state index is -0.581. The zero-order chi connectivity index (χ0) is 24.7. The van der Waals surface area contributed by atoms with Gasteiger partial charge >= 0.3 is 0 Å². The van der Waals surface area contributed by atoms with Crippen LogP contribution in [-0.4, -0.2) is 35.7 Å². The maximum Gasteiger partial charge on any atom is 0.261 e. The first-order valence-electron chi connectivity index (χ1n) is 11.9. The predicted molar refractivity (Wildman–Crippen MR) is 140 cm³/mol. The van der Waals surface area contributed by atoms with Gasteiger partial charge in [0.2, 0.25) is 5.91 Å². The number of hydrogen-bond donors (Lipinski definition) is 0. The second kappa shape index (κ2) is 8.66. The highest BCUT2D eigenvalue weighted by molar-refractivity contribution is 6.25. The van der Waals surface area contributed by atoms with Crippen LogP contribution in [0.2, 0.25) is 0 Å². The van der Waals surface area contributed by atoms with Crippen LogP contribution in [0.3, 0.4) is 0 Å². The van der Waals surface area contributed by atoms with E-state index in [4.69, 9.17) is 0 Å². The summed E-state index contributed by atoms with van der Waals surface area (Å²) in [6.07, 6.45) is 0.473. The van der Waals surface area contributed by atoms with Crippen LogP contribution in [0, 0.1) is 5.41 Å². The molecule has 4 aromatic rings. The lowest BCUT2D eigenvalue weighted by atomic mass is 9.93. The van der Waals surface area contributed by atoms with Crippen molar-refractivity contribution in [3.05, 3.63) is 90.0 Å². The van der Waals surface area contributed by atoms with Gasteiger partial charge in [-0.1, -0.05) is 81.4 Å². The molecule has 5 rings (SSSR count). The quantitative estimate of drug-likeness (QED) is 0.338. The van der Waals surface area contributed by atoms with E-state index in [1.165, 1.54) is 4.90 Å². The second-order valence-corrected chi connectivity index (χ2v) is 10.0. The molecule has 176 valence electrons. The lowest BCUT2D eigenvalue weighted by molar-refractivity contribution is -0.125. The third-order valence-corrected chi connectivity index (χ3v) is 6.56. The normalized spacial score (nSPS) is 13.5. The van der Waals surface area contributed by atoms with Crippen LogP contribution in [-0.2, 0) is 4.79 Å². The number of carbonyl (C=O) groups is 3. The highest BCUT2D eigenvalue weighted by Gasteiger charge is 2.33. The molecule has 0 saturated carbocycles. The van der Waals surface area contributed by atoms with Gasteiger partial charge in [-0.3, -0.25) is 19.3 Å². The fourth-order valence-electron chi connectivity index (χ4n) is 4.85. The smallest absolute Gasteiger partial charge is 0.261 e. The summed E-state index contributed by atoms with van der Waals surface area (Å²) in [6, 6.07) is 25.0. The summed E-state index contributed by atoms with van der Waals surface area (Å²) in [7, 11) is 0. The number of benzene rings is 4. The number of hydrogen-bond acceptors (Lipinski definition) is 3. The van der Waals surface area contributed by atoms with Crippen molar-refractivity contribution in [1.29, 1.82) is 0 Å². The summed E-state index contributed by atoms with van der Waals surface area (Å²) in [5.41, 5.74) is 1.36. The standard InChI is InChI=1S/C30H28N2O3/c1-30(2,3)29(35)31(25-17-8-11-20-10-4-5-14-22(20)25)18-9-19-32-27(33)23-15-6-12-21-13-7-16-24(26(21)23)28(32)34/h4-8,10-17H,9,18-19H2,1-3H3. The Morgan fingerprint density at radius 2 is 1.34 bits per heavy atom. The number of anilines is 1. The molecule has 5 heteroatoms. The molecule has 4 aromatic carbocycles. The third kappa shape index (κ3) is 3.97. The first-order chi connectivity index (χ1) is 16.8. The van der Waals surface area contributed by atoms with E-state index in [2.05, 4.69) is 0 Å². The minimum absolute atomic E-state index is 0.000244. The molecule has 0 aliphatic carbocycles. The molecular formula is C30H28N2O3. The SMILES string of the molecule is CC(C)(C)C(=O)N(CCCN1C(=O)c2cccc3cccc(c23)C1=O)c1cccc2ccccc12. The van der Waals surface area contributed by atoms with Crippen molar-refractivity contribution >= 4 is 45.0 Å². The molecule has 0 saturated heterocycles. The maximum atomic E-state index is 13.5. The summed E-state index contributed by atoms with van der Waals surface area (Å²) in [5, 5.41) is 3.67. The summed E-state index contributed by atoms with van der Waals surface area (Å²) in [5.74, 6) is -0.559. The van der Waals surface area contributed by atoms with Crippen molar-refractivity contribution in [3.8, 4) is 0 Å². The van der Waals surface area contributed by atoms with Gasteiger partial charge in [-0.2, -0.15) is 0 Å². The molecule has 0 spiro atoms. The molecule has 35 heavy (non-hydrogen) atoms. The van der Waals surface area contributed by atoms with Crippen LogP contribution in [0.25, 0.3) is 21.5 Å². The van der Waals surface area contributed by atoms with Gasteiger partial charge in [-0.25, -0.2) is 0 Å². The molecule has 5 nitrogen and oxygen atoms in total. The van der Waals surface area contributed by atoms with Crippen molar-refractivity contribution in [3.63, 3.8) is 0 Å². The van der Waals surface area contributed by atoms with Crippen LogP contribution in [0.15, 0.2) is 78.9 Å². The van der Waals surface area contributed by atoms with E-state index in [9.17, 15) is 14.4 Å². The number of amides is 3. The molecule has 1 aliphatic heterocycles. The van der Waals surface area contributed by atoms with Crippen molar-refractivity contribution in [1.82, 2.24) is 4.90 Å². The summed E-state index contributed by atoms with van der Waals surface area (Å²) >= 11 is 0. The van der Waals surface area contributed by atoms with Gasteiger partial charge in [-0.05, 0) is 35.4 Å². The molecule has 1 heterocycles. The Morgan fingerprint density at radius 1 is 0.771 bits per heavy atom. The van der Waals surface area contributed by atoms with Crippen LogP contribution in [0.5, 0.6) is 0 Å². The average Bonchev–Trinajstić information content (AvgIpc) is 2.85. The van der Waals surface area contributed by atoms with E-state index in [-0.39, 0.29) is 24.3 Å². The molecule has 0 aromatic heterocycles. The maximum absolute atomic E-state index is 13.5. The molecule has 3 amide bonds. The van der Waals surface area contributed by atoms with Gasteiger partial charge in [0.15, 0.2) is 0 Å². The van der Waals surface area contributed by atoms with E-state index < -0.39 is 5.41 Å². The van der Waals surface area contributed by atoms with E-state index >= 15 is 0 Å². The van der Waals surface area contributed by atoms with Gasteiger partial charge in [0.1, 0.15) is 0 Å². The number of carbonyl (C=O) groups excluding carboxylic acids is 3. The zero-order valence-electron chi connectivity index (χ0n) is 20.2. The largest absolute Gasteiger partial charge is 0.311 e. The molecule has 1 aliphatic rings. The summed E-state index contributed by atoms with van der Waals surface area (Å²) < 4.78 is 0. The Kier molecular flexibility index (Phi) is 5.64. The predicted octanol–water partition coefficient (Wildman–Crippen LogP) is 6.06. The number of imide groups is 1. The van der Waals surface area contributed by atoms with Crippen LogP contribution >= 0.6 is 0 Å². The summed E-state index contributed by atoms with van der Waals surface area (Å²) in [6.45, 7) is 6.35. The van der Waals surface area contributed by atoms with Gasteiger partial charge in [-0.15, -0.1) is 0 Å². The van der Waals surface area contributed by atoms with Crippen LogP contribution < -0.4 is 4.90 Å². The Labute approximate surface area is 204 Å². The first-order valence-corrected chi connectivity index (χ1v) is 11.9. The second-order valence-electron chi connectivity index (χ2n) is 10.0. The molecule has 0 bridgehead atoms. The Morgan fingerprint density at radius 3 is 2.00 bits per heavy atom. The Balaban J connectivity index is 1.43. The van der Waals surface area contributed by atoms with Gasteiger partial charge < -0.3 is 4.90 Å². The van der Waals surface area contributed by atoms with Crippen molar-refractivity contribution in [2.24, 2.45) is 5.41 Å². The minimum Gasteiger partial charge on any atom is -0.311 e. The van der Waals surface area contributed by atoms with E-state index in [0.29, 0.717) is 24.1 Å². The number of nitrogens with zero attached hydrogens (tertiary/aromatic N) is 2. The van der Waals surface area contributed by atoms with Gasteiger partial charge in [0.05, 0.1) is 5.69 Å². The average molecular weight is 465 g/mol. The number of fused-ring (bicyclic) bond motifs is 1. The van der Waals surface area contributed by atoms with Crippen molar-refractivity contribution in [2.45, 2.75) is 27.2 Å². The molecule has 0 radical (unpaired) electrons. The van der Waals surface area contributed by atoms with Crippen LogP contribution in [0.1, 0.15) is 47.9 Å². The van der Waals surface area contributed by atoms with Gasteiger partial charge in [0, 0.05) is 40.4 Å². The molecular weight excluding hydrogens is 436 g/mol. The highest BCUT2D eigenvalue weighted by atomic mass is 16.2. The van der Waals surface area contributed by atoms with E-state index in [1.807, 2.05) is 87.5 Å². The van der Waals surface area contributed by atoms with Crippen LogP contribution in [0.4, 0.5) is 5.69 Å². The topological polar surface area (TPSA) is 57.7 Å². The number of rotatable bonds is 5. The zero-order valence-corrected chi connectivity index (χ0v) is 20.2. The summed E-state index contributed by atoms with van der Waals surface area (Å²) in [4.78, 5) is 43.1. The monoisotopic (exact) mass is 464 g/mol. The van der Waals surface area contributed by atoms with E-state index in [0.717, 1.165) is 27.2 Å². The highest BCUT2D eigenvalue weighted by Crippen LogP contribution is 2.32. The first kappa shape index (κ1) is 22.8. The lowest BCUT2D eigenvalue weighted by Crippen LogP contribution is -2.44. The molecule has 0 fully saturated rings. The molecule has 0 atom stereocenters. The fourth-order valence-corrected chi connectivity index (χ4v) is 4.85.